The third-order valence-corrected chi connectivity index (χ3v) is 7.35. The van der Waals surface area contributed by atoms with E-state index in [1.54, 1.807) is 30.3 Å². The molecule has 0 spiro atoms. The van der Waals surface area contributed by atoms with E-state index in [1.165, 1.54) is 23.0 Å². The average Bonchev–Trinajstić information content (AvgIpc) is 2.91. The quantitative estimate of drug-likeness (QED) is 0.233. The van der Waals surface area contributed by atoms with Crippen LogP contribution in [0.3, 0.4) is 0 Å². The number of rotatable bonds is 11. The molecule has 0 N–H and O–H groups in total. The summed E-state index contributed by atoms with van der Waals surface area (Å²) in [7, 11) is -3.93. The second kappa shape index (κ2) is 12.2. The summed E-state index contributed by atoms with van der Waals surface area (Å²) in [5, 5.41) is 0.404. The molecule has 0 aliphatic carbocycles. The molecule has 2 aromatic heterocycles. The van der Waals surface area contributed by atoms with Crippen molar-refractivity contribution >= 4 is 27.4 Å². The molecular weight excluding hydrogens is 526 g/mol. The van der Waals surface area contributed by atoms with Gasteiger partial charge in [0.05, 0.1) is 27.9 Å². The molecule has 0 aliphatic rings. The van der Waals surface area contributed by atoms with E-state index >= 15 is 0 Å². The number of benzene rings is 2. The summed E-state index contributed by atoms with van der Waals surface area (Å²) in [5.74, 6) is 0.487. The molecule has 0 amide bonds. The van der Waals surface area contributed by atoms with Crippen LogP contribution in [0.1, 0.15) is 19.4 Å². The smallest absolute Gasteiger partial charge is 0.316 e. The molecule has 0 unspecified atom stereocenters. The summed E-state index contributed by atoms with van der Waals surface area (Å²) < 4.78 is 40.5. The molecule has 0 saturated carbocycles. The zero-order valence-electron chi connectivity index (χ0n) is 21.3. The number of hydrogen-bond acceptors (Lipinski definition) is 8. The molecule has 0 bridgehead atoms. The lowest BCUT2D eigenvalue weighted by atomic mass is 10.1. The molecule has 0 saturated heterocycles. The minimum atomic E-state index is -3.93. The van der Waals surface area contributed by atoms with Crippen molar-refractivity contribution in [3.05, 3.63) is 83.9 Å². The van der Waals surface area contributed by atoms with E-state index in [0.29, 0.717) is 10.6 Å². The Morgan fingerprint density at radius 1 is 0.895 bits per heavy atom. The number of aryl methyl sites for hydroxylation is 1. The first kappa shape index (κ1) is 27.3. The Balaban J connectivity index is 1.72. The van der Waals surface area contributed by atoms with Crippen LogP contribution in [-0.2, 0) is 10.0 Å². The van der Waals surface area contributed by atoms with Crippen molar-refractivity contribution in [2.75, 3.05) is 24.1 Å². The molecule has 38 heavy (non-hydrogen) atoms. The molecule has 0 atom stereocenters. The Morgan fingerprint density at radius 3 is 2.21 bits per heavy atom. The predicted octanol–water partition coefficient (Wildman–Crippen LogP) is 5.20. The largest absolute Gasteiger partial charge is 0.473 e. The maximum atomic E-state index is 13.8. The van der Waals surface area contributed by atoms with Gasteiger partial charge in [-0.1, -0.05) is 73.5 Å². The van der Waals surface area contributed by atoms with Gasteiger partial charge in [0, 0.05) is 6.54 Å². The molecule has 0 fully saturated rings. The van der Waals surface area contributed by atoms with Gasteiger partial charge in [-0.3, -0.25) is 0 Å². The van der Waals surface area contributed by atoms with Crippen LogP contribution in [0.15, 0.2) is 78.2 Å². The zero-order chi connectivity index (χ0) is 27.1. The number of aromatic nitrogens is 4. The summed E-state index contributed by atoms with van der Waals surface area (Å²) in [6.45, 7) is 6.33. The molecule has 198 valence electrons. The molecule has 4 rings (SSSR count). The van der Waals surface area contributed by atoms with Crippen molar-refractivity contribution in [2.24, 2.45) is 5.92 Å². The van der Waals surface area contributed by atoms with E-state index in [-0.39, 0.29) is 48.3 Å². The predicted molar refractivity (Wildman–Crippen MR) is 146 cm³/mol. The van der Waals surface area contributed by atoms with E-state index in [2.05, 4.69) is 19.9 Å². The van der Waals surface area contributed by atoms with Crippen LogP contribution in [0.2, 0.25) is 5.02 Å². The number of anilines is 1. The lowest BCUT2D eigenvalue weighted by Gasteiger charge is -2.27. The molecular formula is C27H28ClN5O4S. The topological polar surface area (TPSA) is 107 Å². The first-order valence-electron chi connectivity index (χ1n) is 12.0. The van der Waals surface area contributed by atoms with Crippen molar-refractivity contribution in [3.63, 3.8) is 0 Å². The van der Waals surface area contributed by atoms with E-state index in [1.807, 2.05) is 45.0 Å². The summed E-state index contributed by atoms with van der Waals surface area (Å²) in [6.07, 6.45) is 4.18. The van der Waals surface area contributed by atoms with E-state index in [9.17, 15) is 8.42 Å². The van der Waals surface area contributed by atoms with Crippen LogP contribution < -0.4 is 13.8 Å². The van der Waals surface area contributed by atoms with Gasteiger partial charge in [-0.25, -0.2) is 32.7 Å². The Kier molecular flexibility index (Phi) is 8.75. The van der Waals surface area contributed by atoms with Crippen LogP contribution in [-0.4, -0.2) is 48.1 Å². The van der Waals surface area contributed by atoms with Gasteiger partial charge in [0.1, 0.15) is 19.5 Å². The Hall–Kier alpha value is -3.76. The molecule has 4 aromatic rings. The van der Waals surface area contributed by atoms with Gasteiger partial charge in [-0.2, -0.15) is 0 Å². The molecule has 9 nitrogen and oxygen atoms in total. The van der Waals surface area contributed by atoms with Crippen molar-refractivity contribution < 1.29 is 17.9 Å². The Morgan fingerprint density at radius 2 is 1.55 bits per heavy atom. The van der Waals surface area contributed by atoms with Gasteiger partial charge in [-0.05, 0) is 30.5 Å². The number of halogens is 1. The maximum absolute atomic E-state index is 13.8. The number of ether oxygens (including phenoxy) is 2. The average molecular weight is 554 g/mol. The molecule has 2 aromatic carbocycles. The third kappa shape index (κ3) is 6.56. The normalized spacial score (nSPS) is 11.4. The van der Waals surface area contributed by atoms with Gasteiger partial charge >= 0.3 is 6.01 Å². The van der Waals surface area contributed by atoms with Gasteiger partial charge in [-0.15, -0.1) is 0 Å². The van der Waals surface area contributed by atoms with Crippen molar-refractivity contribution in [3.8, 4) is 23.0 Å². The molecule has 0 radical (unpaired) electrons. The first-order valence-corrected chi connectivity index (χ1v) is 13.8. The summed E-state index contributed by atoms with van der Waals surface area (Å²) in [6, 6.07) is 16.1. The second-order valence-corrected chi connectivity index (χ2v) is 11.2. The lowest BCUT2D eigenvalue weighted by molar-refractivity contribution is 0.202. The molecule has 11 heteroatoms. The highest BCUT2D eigenvalue weighted by molar-refractivity contribution is 7.92. The van der Waals surface area contributed by atoms with Crippen molar-refractivity contribution in [1.29, 1.82) is 0 Å². The maximum Gasteiger partial charge on any atom is 0.316 e. The van der Waals surface area contributed by atoms with Crippen molar-refractivity contribution in [2.45, 2.75) is 25.7 Å². The fourth-order valence-electron chi connectivity index (χ4n) is 3.63. The van der Waals surface area contributed by atoms with E-state index in [4.69, 9.17) is 21.1 Å². The third-order valence-electron chi connectivity index (χ3n) is 5.38. The lowest BCUT2D eigenvalue weighted by Crippen LogP contribution is -2.35. The summed E-state index contributed by atoms with van der Waals surface area (Å²) in [4.78, 5) is 17.0. The van der Waals surface area contributed by atoms with Crippen LogP contribution in [0, 0.1) is 12.8 Å². The SMILES string of the molecule is Cc1ccc(-c2c(OCCOc3ncc(Cl)cn3)ncnc2N(CC(C)C)S(=O)(=O)c2ccccc2)cc1. The van der Waals surface area contributed by atoms with Crippen LogP contribution in [0.5, 0.6) is 11.9 Å². The van der Waals surface area contributed by atoms with Crippen molar-refractivity contribution in [1.82, 2.24) is 19.9 Å². The van der Waals surface area contributed by atoms with Gasteiger partial charge in [0.2, 0.25) is 5.88 Å². The number of sulfonamides is 1. The fourth-order valence-corrected chi connectivity index (χ4v) is 5.34. The Labute approximate surface area is 227 Å². The summed E-state index contributed by atoms with van der Waals surface area (Å²) in [5.41, 5.74) is 2.25. The fraction of sp³-hybridized carbons (Fsp3) is 0.259. The summed E-state index contributed by atoms with van der Waals surface area (Å²) >= 11 is 5.82. The standard InChI is InChI=1S/C27H28ClN5O4S/c1-19(2)17-33(38(34,35)23-7-5-4-6-8-23)25-24(21-11-9-20(3)10-12-21)26(32-18-31-25)36-13-14-37-27-29-15-22(28)16-30-27/h4-12,15-16,18-19H,13-14,17H2,1-3H3. The highest BCUT2D eigenvalue weighted by Gasteiger charge is 2.31. The minimum Gasteiger partial charge on any atom is -0.473 e. The Bertz CT molecular complexity index is 1450. The number of nitrogens with zero attached hydrogens (tertiary/aromatic N) is 5. The minimum absolute atomic E-state index is 0.0199. The van der Waals surface area contributed by atoms with Crippen LogP contribution in [0.25, 0.3) is 11.1 Å². The monoisotopic (exact) mass is 553 g/mol. The highest BCUT2D eigenvalue weighted by atomic mass is 35.5. The van der Waals surface area contributed by atoms with Gasteiger partial charge in [0.25, 0.3) is 10.0 Å². The number of hydrogen-bond donors (Lipinski definition) is 0. The highest BCUT2D eigenvalue weighted by Crippen LogP contribution is 2.38. The van der Waals surface area contributed by atoms with Gasteiger partial charge < -0.3 is 9.47 Å². The zero-order valence-corrected chi connectivity index (χ0v) is 22.9. The van der Waals surface area contributed by atoms with Crippen LogP contribution in [0.4, 0.5) is 5.82 Å². The van der Waals surface area contributed by atoms with E-state index < -0.39 is 10.0 Å². The van der Waals surface area contributed by atoms with Gasteiger partial charge in [0.15, 0.2) is 5.82 Å². The van der Waals surface area contributed by atoms with Crippen LogP contribution >= 0.6 is 11.6 Å². The molecule has 0 aliphatic heterocycles. The van der Waals surface area contributed by atoms with E-state index in [0.717, 1.165) is 11.1 Å². The second-order valence-electron chi connectivity index (χ2n) is 8.87. The first-order chi connectivity index (χ1) is 18.3. The molecule has 2 heterocycles.